The third-order valence-electron chi connectivity index (χ3n) is 7.28. The number of anilines is 1. The van der Waals surface area contributed by atoms with Crippen LogP contribution in [0.4, 0.5) is 11.4 Å². The molecule has 1 aliphatic heterocycles. The summed E-state index contributed by atoms with van der Waals surface area (Å²) in [5.74, 6) is 1.86. The second-order valence-corrected chi connectivity index (χ2v) is 9.73. The van der Waals surface area contributed by atoms with Crippen molar-refractivity contribution in [1.29, 1.82) is 0 Å². The summed E-state index contributed by atoms with van der Waals surface area (Å²) in [7, 11) is 0. The maximum absolute atomic E-state index is 6.08. The van der Waals surface area contributed by atoms with E-state index >= 15 is 0 Å². The zero-order chi connectivity index (χ0) is 24.3. The van der Waals surface area contributed by atoms with Crippen molar-refractivity contribution in [2.45, 2.75) is 31.9 Å². The molecule has 6 rings (SSSR count). The Bertz CT molecular complexity index is 1410. The Morgan fingerprint density at radius 1 is 0.917 bits per heavy atom. The molecule has 4 aromatic rings. The molecule has 0 aromatic heterocycles. The van der Waals surface area contributed by atoms with E-state index in [0.29, 0.717) is 24.5 Å². The first-order valence-electron chi connectivity index (χ1n) is 12.7. The Hall–Kier alpha value is -4.11. The summed E-state index contributed by atoms with van der Waals surface area (Å²) in [4.78, 5) is 4.75. The number of nitrogens with zero attached hydrogens (tertiary/aromatic N) is 1. The quantitative estimate of drug-likeness (QED) is 0.228. The van der Waals surface area contributed by atoms with Crippen molar-refractivity contribution >= 4 is 17.6 Å². The summed E-state index contributed by atoms with van der Waals surface area (Å²) in [6.45, 7) is 2.71. The number of nitrogens with one attached hydrogen (secondary N) is 1. The van der Waals surface area contributed by atoms with Gasteiger partial charge in [0.2, 0.25) is 0 Å². The van der Waals surface area contributed by atoms with Gasteiger partial charge in [0.15, 0.2) is 0 Å². The fraction of sp³-hybridized carbons (Fsp3) is 0.182. The first-order valence-corrected chi connectivity index (χ1v) is 12.7. The van der Waals surface area contributed by atoms with Gasteiger partial charge in [-0.05, 0) is 66.3 Å². The number of para-hydroxylation sites is 1. The summed E-state index contributed by atoms with van der Waals surface area (Å²) in [5, 5.41) is 3.83. The second kappa shape index (κ2) is 9.87. The standard InChI is InChI=1S/C33H30N2O/c1-23-14-19-31-30(20-23)28-11-7-12-29(28)33(35-31)25-15-17-27(18-16-25)34-21-26-10-5-6-13-32(26)36-22-24-8-3-2-4-9-24/h2-11,13-21,28-29,33,35H,12,22H2,1H3/t28-,29-,33-/m1/s1. The molecule has 36 heavy (non-hydrogen) atoms. The molecule has 0 saturated carbocycles. The fourth-order valence-corrected chi connectivity index (χ4v) is 5.41. The number of aliphatic imine (C=N–C) groups is 1. The fourth-order valence-electron chi connectivity index (χ4n) is 5.41. The Morgan fingerprint density at radius 3 is 2.58 bits per heavy atom. The van der Waals surface area contributed by atoms with E-state index in [4.69, 9.17) is 9.73 Å². The van der Waals surface area contributed by atoms with Gasteiger partial charge in [0.05, 0.1) is 11.7 Å². The Kier molecular flexibility index (Phi) is 6.13. The lowest BCUT2D eigenvalue weighted by Gasteiger charge is -2.37. The van der Waals surface area contributed by atoms with Crippen LogP contribution in [0.5, 0.6) is 5.75 Å². The van der Waals surface area contributed by atoms with E-state index in [1.54, 1.807) is 0 Å². The van der Waals surface area contributed by atoms with E-state index in [-0.39, 0.29) is 0 Å². The lowest BCUT2D eigenvalue weighted by molar-refractivity contribution is 0.306. The van der Waals surface area contributed by atoms with E-state index < -0.39 is 0 Å². The Labute approximate surface area is 213 Å². The third-order valence-corrected chi connectivity index (χ3v) is 7.28. The minimum atomic E-state index is 0.297. The molecular formula is C33H30N2O. The minimum absolute atomic E-state index is 0.297. The first kappa shape index (κ1) is 22.4. The lowest BCUT2D eigenvalue weighted by atomic mass is 9.76. The minimum Gasteiger partial charge on any atom is -0.488 e. The zero-order valence-electron chi connectivity index (χ0n) is 20.5. The van der Waals surface area contributed by atoms with Crippen molar-refractivity contribution in [1.82, 2.24) is 0 Å². The van der Waals surface area contributed by atoms with Gasteiger partial charge in [0.1, 0.15) is 12.4 Å². The van der Waals surface area contributed by atoms with E-state index in [9.17, 15) is 0 Å². The number of allylic oxidation sites excluding steroid dienone is 2. The summed E-state index contributed by atoms with van der Waals surface area (Å²) in [5.41, 5.74) is 8.37. The van der Waals surface area contributed by atoms with Crippen LogP contribution in [-0.2, 0) is 6.61 Å². The highest BCUT2D eigenvalue weighted by Crippen LogP contribution is 2.50. The summed E-state index contributed by atoms with van der Waals surface area (Å²) in [6, 6.07) is 34.0. The topological polar surface area (TPSA) is 33.6 Å². The third kappa shape index (κ3) is 4.57. The average Bonchev–Trinajstić information content (AvgIpc) is 3.42. The Morgan fingerprint density at radius 2 is 1.72 bits per heavy atom. The van der Waals surface area contributed by atoms with Gasteiger partial charge in [-0.1, -0.05) is 84.4 Å². The normalized spacial score (nSPS) is 20.1. The van der Waals surface area contributed by atoms with Gasteiger partial charge in [-0.3, -0.25) is 4.99 Å². The van der Waals surface area contributed by atoms with E-state index in [1.807, 2.05) is 48.7 Å². The van der Waals surface area contributed by atoms with Gasteiger partial charge in [0.25, 0.3) is 0 Å². The average molecular weight is 471 g/mol. The van der Waals surface area contributed by atoms with Crippen molar-refractivity contribution < 1.29 is 4.74 Å². The molecule has 0 unspecified atom stereocenters. The highest BCUT2D eigenvalue weighted by Gasteiger charge is 2.37. The molecule has 0 amide bonds. The smallest absolute Gasteiger partial charge is 0.128 e. The SMILES string of the molecule is Cc1ccc2c(c1)[C@@H]1C=CC[C@H]1[C@@H](c1ccc(N=Cc3ccccc3OCc3ccccc3)cc1)N2. The van der Waals surface area contributed by atoms with Gasteiger partial charge >= 0.3 is 0 Å². The number of rotatable bonds is 6. The van der Waals surface area contributed by atoms with Gasteiger partial charge in [-0.15, -0.1) is 0 Å². The predicted octanol–water partition coefficient (Wildman–Crippen LogP) is 8.15. The van der Waals surface area contributed by atoms with Crippen LogP contribution >= 0.6 is 0 Å². The van der Waals surface area contributed by atoms with E-state index in [2.05, 4.69) is 79.0 Å². The molecule has 3 nitrogen and oxygen atoms in total. The molecular weight excluding hydrogens is 440 g/mol. The summed E-state index contributed by atoms with van der Waals surface area (Å²) in [6.07, 6.45) is 7.74. The van der Waals surface area contributed by atoms with Crippen LogP contribution in [0, 0.1) is 12.8 Å². The molecule has 1 aliphatic carbocycles. The number of ether oxygens (including phenoxy) is 1. The van der Waals surface area contributed by atoms with Crippen LogP contribution in [-0.4, -0.2) is 6.21 Å². The number of benzene rings is 4. The summed E-state index contributed by atoms with van der Waals surface area (Å²) < 4.78 is 6.08. The van der Waals surface area contributed by atoms with Gasteiger partial charge in [-0.25, -0.2) is 0 Å². The molecule has 1 N–H and O–H groups in total. The van der Waals surface area contributed by atoms with Gasteiger partial charge in [0, 0.05) is 23.4 Å². The molecule has 4 aromatic carbocycles. The molecule has 0 spiro atoms. The van der Waals surface area contributed by atoms with Crippen LogP contribution in [0.25, 0.3) is 0 Å². The number of hydrogen-bond donors (Lipinski definition) is 1. The number of hydrogen-bond acceptors (Lipinski definition) is 3. The van der Waals surface area contributed by atoms with E-state index in [0.717, 1.165) is 29.0 Å². The molecule has 3 atom stereocenters. The molecule has 0 fully saturated rings. The van der Waals surface area contributed by atoms with Crippen molar-refractivity contribution in [3.05, 3.63) is 137 Å². The van der Waals surface area contributed by atoms with Gasteiger partial charge < -0.3 is 10.1 Å². The molecule has 178 valence electrons. The van der Waals surface area contributed by atoms with Crippen LogP contribution < -0.4 is 10.1 Å². The molecule has 0 saturated heterocycles. The maximum Gasteiger partial charge on any atom is 0.128 e. The Balaban J connectivity index is 1.18. The highest BCUT2D eigenvalue weighted by molar-refractivity contribution is 5.85. The van der Waals surface area contributed by atoms with Crippen LogP contribution in [0.3, 0.4) is 0 Å². The monoisotopic (exact) mass is 470 g/mol. The largest absolute Gasteiger partial charge is 0.488 e. The first-order chi connectivity index (χ1) is 17.7. The summed E-state index contributed by atoms with van der Waals surface area (Å²) >= 11 is 0. The van der Waals surface area contributed by atoms with Crippen LogP contribution in [0.1, 0.15) is 46.2 Å². The van der Waals surface area contributed by atoms with E-state index in [1.165, 1.54) is 22.4 Å². The van der Waals surface area contributed by atoms with Crippen LogP contribution in [0.2, 0.25) is 0 Å². The van der Waals surface area contributed by atoms with Crippen molar-refractivity contribution in [3.8, 4) is 5.75 Å². The maximum atomic E-state index is 6.08. The predicted molar refractivity (Wildman–Crippen MR) is 148 cm³/mol. The zero-order valence-corrected chi connectivity index (χ0v) is 20.5. The molecule has 2 aliphatic rings. The highest BCUT2D eigenvalue weighted by atomic mass is 16.5. The van der Waals surface area contributed by atoms with Crippen LogP contribution in [0.15, 0.2) is 114 Å². The second-order valence-electron chi connectivity index (χ2n) is 9.73. The molecule has 0 bridgehead atoms. The van der Waals surface area contributed by atoms with Gasteiger partial charge in [-0.2, -0.15) is 0 Å². The lowest BCUT2D eigenvalue weighted by Crippen LogP contribution is -2.29. The van der Waals surface area contributed by atoms with Crippen molar-refractivity contribution in [2.75, 3.05) is 5.32 Å². The molecule has 1 heterocycles. The van der Waals surface area contributed by atoms with Crippen molar-refractivity contribution in [2.24, 2.45) is 10.9 Å². The molecule has 0 radical (unpaired) electrons. The molecule has 3 heteroatoms. The van der Waals surface area contributed by atoms with Crippen molar-refractivity contribution in [3.63, 3.8) is 0 Å². The number of aryl methyl sites for hydroxylation is 1. The number of fused-ring (bicyclic) bond motifs is 3.